The Morgan fingerprint density at radius 1 is 1.43 bits per heavy atom. The molecule has 4 heteroatoms. The molecule has 0 bridgehead atoms. The maximum atomic E-state index is 13.2. The molecule has 0 spiro atoms. The second-order valence-electron chi connectivity index (χ2n) is 2.62. The van der Waals surface area contributed by atoms with Gasteiger partial charge in [-0.15, -0.1) is 0 Å². The molecule has 14 heavy (non-hydrogen) atoms. The number of phenols is 1. The fourth-order valence-electron chi connectivity index (χ4n) is 1.01. The molecule has 2 nitrogen and oxygen atoms in total. The Labute approximate surface area is 80.4 Å². The summed E-state index contributed by atoms with van der Waals surface area (Å²) in [5.74, 6) is -3.12. The third kappa shape index (κ3) is 1.84. The number of rotatable bonds is 3. The molecule has 0 saturated carbocycles. The van der Waals surface area contributed by atoms with Crippen molar-refractivity contribution in [3.05, 3.63) is 35.9 Å². The van der Waals surface area contributed by atoms with E-state index in [0.29, 0.717) is 6.61 Å². The highest BCUT2D eigenvalue weighted by Gasteiger charge is 2.15. The highest BCUT2D eigenvalue weighted by molar-refractivity contribution is 5.59. The van der Waals surface area contributed by atoms with Crippen molar-refractivity contribution in [2.75, 3.05) is 6.61 Å². The van der Waals surface area contributed by atoms with Crippen LogP contribution in [-0.4, -0.2) is 11.7 Å². The molecule has 76 valence electrons. The van der Waals surface area contributed by atoms with Crippen LogP contribution in [0.4, 0.5) is 8.78 Å². The molecule has 0 unspecified atom stereocenters. The van der Waals surface area contributed by atoms with Crippen LogP contribution in [0, 0.1) is 11.6 Å². The molecule has 0 aliphatic heterocycles. The van der Waals surface area contributed by atoms with Gasteiger partial charge in [0.25, 0.3) is 0 Å². The molecule has 1 aromatic carbocycles. The zero-order valence-electron chi connectivity index (χ0n) is 7.68. The number of hydrogen-bond donors (Lipinski definition) is 1. The predicted molar refractivity (Wildman–Crippen MR) is 48.7 cm³/mol. The Bertz CT molecular complexity index is 361. The van der Waals surface area contributed by atoms with E-state index in [2.05, 4.69) is 6.58 Å². The van der Waals surface area contributed by atoms with Crippen LogP contribution in [0.2, 0.25) is 0 Å². The maximum Gasteiger partial charge on any atom is 0.201 e. The fraction of sp³-hybridized carbons (Fsp3) is 0.200. The minimum Gasteiger partial charge on any atom is -0.505 e. The molecule has 0 aliphatic rings. The van der Waals surface area contributed by atoms with E-state index >= 15 is 0 Å². The summed E-state index contributed by atoms with van der Waals surface area (Å²) in [5, 5.41) is 8.85. The van der Waals surface area contributed by atoms with Crippen LogP contribution in [0.5, 0.6) is 5.75 Å². The van der Waals surface area contributed by atoms with Gasteiger partial charge in [0.05, 0.1) is 12.2 Å². The zero-order valence-corrected chi connectivity index (χ0v) is 7.68. The first kappa shape index (κ1) is 10.5. The highest BCUT2D eigenvalue weighted by Crippen LogP contribution is 2.25. The minimum atomic E-state index is -1.29. The van der Waals surface area contributed by atoms with Gasteiger partial charge in [-0.1, -0.05) is 6.58 Å². The summed E-state index contributed by atoms with van der Waals surface area (Å²) in [6, 6.07) is 2.27. The molecular weight excluding hydrogens is 190 g/mol. The van der Waals surface area contributed by atoms with Gasteiger partial charge in [0.1, 0.15) is 5.76 Å². The molecule has 0 saturated heterocycles. The Balaban J connectivity index is 3.11. The van der Waals surface area contributed by atoms with Crippen molar-refractivity contribution in [3.8, 4) is 5.75 Å². The third-order valence-electron chi connectivity index (χ3n) is 1.68. The summed E-state index contributed by atoms with van der Waals surface area (Å²) in [6.07, 6.45) is 0. The summed E-state index contributed by atoms with van der Waals surface area (Å²) >= 11 is 0. The van der Waals surface area contributed by atoms with E-state index in [4.69, 9.17) is 9.84 Å². The van der Waals surface area contributed by atoms with E-state index in [-0.39, 0.29) is 11.3 Å². The fourth-order valence-corrected chi connectivity index (χ4v) is 1.01. The maximum absolute atomic E-state index is 13.2. The highest BCUT2D eigenvalue weighted by atomic mass is 19.2. The van der Waals surface area contributed by atoms with Crippen molar-refractivity contribution in [1.29, 1.82) is 0 Å². The van der Waals surface area contributed by atoms with Gasteiger partial charge in [-0.25, -0.2) is 4.39 Å². The quantitative estimate of drug-likeness (QED) is 0.760. The van der Waals surface area contributed by atoms with Gasteiger partial charge in [-0.05, 0) is 19.1 Å². The summed E-state index contributed by atoms with van der Waals surface area (Å²) in [6.45, 7) is 5.46. The molecule has 0 heterocycles. The number of ether oxygens (including phenoxy) is 1. The lowest BCUT2D eigenvalue weighted by Gasteiger charge is -2.08. The molecule has 0 radical (unpaired) electrons. The zero-order chi connectivity index (χ0) is 10.7. The number of aromatic hydroxyl groups is 1. The summed E-state index contributed by atoms with van der Waals surface area (Å²) in [5.41, 5.74) is -0.0813. The van der Waals surface area contributed by atoms with Crippen molar-refractivity contribution in [2.24, 2.45) is 0 Å². The SMILES string of the molecule is C=C(OCC)c1ccc(O)c(F)c1F. The van der Waals surface area contributed by atoms with Gasteiger partial charge in [0, 0.05) is 0 Å². The summed E-state index contributed by atoms with van der Waals surface area (Å²) in [4.78, 5) is 0. The van der Waals surface area contributed by atoms with Crippen LogP contribution in [0.25, 0.3) is 5.76 Å². The van der Waals surface area contributed by atoms with Crippen molar-refractivity contribution in [3.63, 3.8) is 0 Å². The molecule has 0 fully saturated rings. The van der Waals surface area contributed by atoms with Gasteiger partial charge in [-0.3, -0.25) is 0 Å². The minimum absolute atomic E-state index is 0.0453. The number of benzene rings is 1. The van der Waals surface area contributed by atoms with E-state index in [1.807, 2.05) is 0 Å². The first-order chi connectivity index (χ1) is 6.57. The van der Waals surface area contributed by atoms with Crippen LogP contribution >= 0.6 is 0 Å². The van der Waals surface area contributed by atoms with Gasteiger partial charge in [0.15, 0.2) is 11.6 Å². The second kappa shape index (κ2) is 4.09. The smallest absolute Gasteiger partial charge is 0.201 e. The molecular formula is C10H10F2O2. The first-order valence-electron chi connectivity index (χ1n) is 4.07. The second-order valence-corrected chi connectivity index (χ2v) is 2.62. The lowest BCUT2D eigenvalue weighted by molar-refractivity contribution is 0.296. The molecule has 0 aliphatic carbocycles. The third-order valence-corrected chi connectivity index (χ3v) is 1.68. The first-order valence-corrected chi connectivity index (χ1v) is 4.07. The van der Waals surface area contributed by atoms with Crippen LogP contribution in [0.1, 0.15) is 12.5 Å². The van der Waals surface area contributed by atoms with Gasteiger partial charge >= 0.3 is 0 Å². The van der Waals surface area contributed by atoms with Crippen molar-refractivity contribution in [1.82, 2.24) is 0 Å². The molecule has 0 amide bonds. The largest absolute Gasteiger partial charge is 0.505 e. The van der Waals surface area contributed by atoms with Gasteiger partial charge in [-0.2, -0.15) is 4.39 Å². The number of halogens is 2. The lowest BCUT2D eigenvalue weighted by atomic mass is 10.1. The normalized spacial score (nSPS) is 9.93. The van der Waals surface area contributed by atoms with Gasteiger partial charge < -0.3 is 9.84 Å². The van der Waals surface area contributed by atoms with E-state index < -0.39 is 17.4 Å². The average Bonchev–Trinajstić information content (AvgIpc) is 2.15. The lowest BCUT2D eigenvalue weighted by Crippen LogP contribution is -1.96. The van der Waals surface area contributed by atoms with Crippen molar-refractivity contribution in [2.45, 2.75) is 6.92 Å². The van der Waals surface area contributed by atoms with E-state index in [1.165, 1.54) is 6.07 Å². The van der Waals surface area contributed by atoms with Crippen LogP contribution in [0.3, 0.4) is 0 Å². The van der Waals surface area contributed by atoms with Crippen molar-refractivity contribution < 1.29 is 18.6 Å². The van der Waals surface area contributed by atoms with E-state index in [9.17, 15) is 8.78 Å². The van der Waals surface area contributed by atoms with Crippen LogP contribution in [0.15, 0.2) is 18.7 Å². The average molecular weight is 200 g/mol. The Morgan fingerprint density at radius 3 is 2.64 bits per heavy atom. The molecule has 1 aromatic rings. The summed E-state index contributed by atoms with van der Waals surface area (Å²) in [7, 11) is 0. The van der Waals surface area contributed by atoms with Crippen LogP contribution < -0.4 is 0 Å². The van der Waals surface area contributed by atoms with Crippen molar-refractivity contribution >= 4 is 5.76 Å². The predicted octanol–water partition coefficient (Wildman–Crippen LogP) is 2.68. The summed E-state index contributed by atoms with van der Waals surface area (Å²) < 4.78 is 31.0. The number of hydrogen-bond acceptors (Lipinski definition) is 2. The topological polar surface area (TPSA) is 29.5 Å². The van der Waals surface area contributed by atoms with Crippen LogP contribution in [-0.2, 0) is 4.74 Å². The van der Waals surface area contributed by atoms with Gasteiger partial charge in [0.2, 0.25) is 5.82 Å². The molecule has 0 aromatic heterocycles. The molecule has 0 atom stereocenters. The monoisotopic (exact) mass is 200 g/mol. The standard InChI is InChI=1S/C10H10F2O2/c1-3-14-6(2)7-4-5-8(13)10(12)9(7)11/h4-5,13H,2-3H2,1H3. The Hall–Kier alpha value is -1.58. The number of phenolic OH excluding ortho intramolecular Hbond substituents is 1. The Morgan fingerprint density at radius 2 is 2.07 bits per heavy atom. The van der Waals surface area contributed by atoms with E-state index in [0.717, 1.165) is 6.07 Å². The Kier molecular flexibility index (Phi) is 3.06. The molecule has 1 rings (SSSR count). The van der Waals surface area contributed by atoms with E-state index in [1.54, 1.807) is 6.92 Å². The molecule has 1 N–H and O–H groups in total.